The van der Waals surface area contributed by atoms with Crippen LogP contribution >= 0.6 is 0 Å². The number of amides is 1. The molecule has 0 aliphatic carbocycles. The van der Waals surface area contributed by atoms with E-state index >= 15 is 0 Å². The Morgan fingerprint density at radius 3 is 2.26 bits per heavy atom. The summed E-state index contributed by atoms with van der Waals surface area (Å²) in [6.07, 6.45) is 4.12. The molecular weight excluding hydrogens is 302 g/mol. The summed E-state index contributed by atoms with van der Waals surface area (Å²) in [5.41, 5.74) is -0.396. The second kappa shape index (κ2) is 9.99. The summed E-state index contributed by atoms with van der Waals surface area (Å²) >= 11 is 0. The van der Waals surface area contributed by atoms with Crippen LogP contribution < -0.4 is 0 Å². The third-order valence-corrected chi connectivity index (χ3v) is 3.63. The van der Waals surface area contributed by atoms with Crippen LogP contribution in [-0.4, -0.2) is 60.3 Å². The number of carbonyl (C=O) groups excluding carboxylic acids is 3. The van der Waals surface area contributed by atoms with Gasteiger partial charge in [-0.05, 0) is 39.5 Å². The molecule has 0 spiro atoms. The monoisotopic (exact) mass is 327 g/mol. The fourth-order valence-corrected chi connectivity index (χ4v) is 2.57. The second-order valence-electron chi connectivity index (χ2n) is 5.19. The molecule has 130 valence electrons. The topological polar surface area (TPSA) is 93.1 Å². The number of hydrogen-bond donors (Lipinski definition) is 1. The van der Waals surface area contributed by atoms with Crippen molar-refractivity contribution in [3.8, 4) is 0 Å². The average Bonchev–Trinajstić information content (AvgIpc) is 2.53. The highest BCUT2D eigenvalue weighted by molar-refractivity contribution is 6.17. The lowest BCUT2D eigenvalue weighted by molar-refractivity contribution is -0.147. The lowest BCUT2D eigenvalue weighted by Gasteiger charge is -2.35. The fourth-order valence-electron chi connectivity index (χ4n) is 2.57. The molecule has 1 aliphatic heterocycles. The Hall–Kier alpha value is -1.89. The summed E-state index contributed by atoms with van der Waals surface area (Å²) in [6, 6.07) is -0.0804. The van der Waals surface area contributed by atoms with Crippen LogP contribution in [0.4, 0.5) is 0 Å². The summed E-state index contributed by atoms with van der Waals surface area (Å²) in [7, 11) is 0. The normalized spacial score (nSPS) is 17.3. The first-order valence-electron chi connectivity index (χ1n) is 8.02. The van der Waals surface area contributed by atoms with Crippen molar-refractivity contribution < 1.29 is 29.0 Å². The number of hydrogen-bond acceptors (Lipinski definition) is 6. The minimum atomic E-state index is -0.866. The van der Waals surface area contributed by atoms with E-state index in [1.807, 2.05) is 0 Å². The number of rotatable bonds is 7. The molecule has 1 N–H and O–H groups in total. The first-order valence-corrected chi connectivity index (χ1v) is 8.02. The number of aliphatic hydroxyl groups excluding tert-OH is 1. The van der Waals surface area contributed by atoms with E-state index in [0.717, 1.165) is 25.3 Å². The summed E-state index contributed by atoms with van der Waals surface area (Å²) in [6.45, 7) is 3.95. The maximum atomic E-state index is 12.5. The predicted octanol–water partition coefficient (Wildman–Crippen LogP) is 0.802. The van der Waals surface area contributed by atoms with Crippen molar-refractivity contribution in [2.75, 3.05) is 26.4 Å². The van der Waals surface area contributed by atoms with Gasteiger partial charge < -0.3 is 19.5 Å². The zero-order chi connectivity index (χ0) is 17.2. The van der Waals surface area contributed by atoms with Gasteiger partial charge in [-0.25, -0.2) is 9.59 Å². The Labute approximate surface area is 136 Å². The van der Waals surface area contributed by atoms with Gasteiger partial charge in [-0.15, -0.1) is 0 Å². The minimum Gasteiger partial charge on any atom is -0.462 e. The zero-order valence-corrected chi connectivity index (χ0v) is 13.7. The van der Waals surface area contributed by atoms with Crippen LogP contribution in [0.1, 0.15) is 39.5 Å². The maximum Gasteiger partial charge on any atom is 0.345 e. The van der Waals surface area contributed by atoms with E-state index in [9.17, 15) is 14.4 Å². The standard InChI is InChI=1S/C16H25NO6/c1-3-22-15(20)13(16(21)23-4-2)11-14(19)17-9-6-5-7-12(17)8-10-18/h11-12,18H,3-10H2,1-2H3. The first-order chi connectivity index (χ1) is 11.0. The van der Waals surface area contributed by atoms with Crippen molar-refractivity contribution in [3.63, 3.8) is 0 Å². The number of likely N-dealkylation sites (tertiary alicyclic amines) is 1. The number of carbonyl (C=O) groups is 3. The van der Waals surface area contributed by atoms with Crippen molar-refractivity contribution in [3.05, 3.63) is 11.6 Å². The Kier molecular flexibility index (Phi) is 8.32. The third kappa shape index (κ3) is 5.67. The van der Waals surface area contributed by atoms with Gasteiger partial charge in [-0.3, -0.25) is 4.79 Å². The van der Waals surface area contributed by atoms with Gasteiger partial charge in [0.2, 0.25) is 5.91 Å². The molecule has 0 aromatic heterocycles. The second-order valence-corrected chi connectivity index (χ2v) is 5.19. The largest absolute Gasteiger partial charge is 0.462 e. The molecule has 1 saturated heterocycles. The van der Waals surface area contributed by atoms with Gasteiger partial charge in [0, 0.05) is 25.3 Å². The number of aliphatic hydroxyl groups is 1. The van der Waals surface area contributed by atoms with Crippen LogP contribution in [0.2, 0.25) is 0 Å². The van der Waals surface area contributed by atoms with Gasteiger partial charge in [-0.1, -0.05) is 0 Å². The highest BCUT2D eigenvalue weighted by atomic mass is 16.6. The molecule has 1 amide bonds. The SMILES string of the molecule is CCOC(=O)C(=CC(=O)N1CCCCC1CCO)C(=O)OCC. The molecule has 7 nitrogen and oxygen atoms in total. The lowest BCUT2D eigenvalue weighted by atomic mass is 9.99. The predicted molar refractivity (Wildman–Crippen MR) is 82.4 cm³/mol. The number of piperidine rings is 1. The molecular formula is C16H25NO6. The molecule has 1 unspecified atom stereocenters. The molecule has 1 fully saturated rings. The van der Waals surface area contributed by atoms with Gasteiger partial charge in [-0.2, -0.15) is 0 Å². The molecule has 1 atom stereocenters. The zero-order valence-electron chi connectivity index (χ0n) is 13.7. The quantitative estimate of drug-likeness (QED) is 0.322. The average molecular weight is 327 g/mol. The fraction of sp³-hybridized carbons (Fsp3) is 0.688. The van der Waals surface area contributed by atoms with Crippen molar-refractivity contribution >= 4 is 17.8 Å². The molecule has 23 heavy (non-hydrogen) atoms. The Morgan fingerprint density at radius 2 is 1.74 bits per heavy atom. The minimum absolute atomic E-state index is 0.0131. The van der Waals surface area contributed by atoms with Crippen LogP contribution in [-0.2, 0) is 23.9 Å². The summed E-state index contributed by atoms with van der Waals surface area (Å²) < 4.78 is 9.63. The van der Waals surface area contributed by atoms with Gasteiger partial charge in [0.25, 0.3) is 0 Å². The van der Waals surface area contributed by atoms with Crippen LogP contribution in [0.15, 0.2) is 11.6 Å². The molecule has 1 rings (SSSR count). The lowest BCUT2D eigenvalue weighted by Crippen LogP contribution is -2.43. The van der Waals surface area contributed by atoms with E-state index in [0.29, 0.717) is 13.0 Å². The molecule has 1 heterocycles. The molecule has 1 aliphatic rings. The smallest absolute Gasteiger partial charge is 0.345 e. The highest BCUT2D eigenvalue weighted by Crippen LogP contribution is 2.20. The van der Waals surface area contributed by atoms with Gasteiger partial charge in [0.05, 0.1) is 13.2 Å². The molecule has 0 aromatic rings. The van der Waals surface area contributed by atoms with Crippen LogP contribution in [0.5, 0.6) is 0 Å². The maximum absolute atomic E-state index is 12.5. The van der Waals surface area contributed by atoms with Crippen LogP contribution in [0.3, 0.4) is 0 Å². The molecule has 7 heteroatoms. The summed E-state index contributed by atoms with van der Waals surface area (Å²) in [5, 5.41) is 9.11. The van der Waals surface area contributed by atoms with E-state index in [1.165, 1.54) is 0 Å². The molecule has 0 aromatic carbocycles. The number of esters is 2. The molecule has 0 saturated carbocycles. The van der Waals surface area contributed by atoms with Gasteiger partial charge >= 0.3 is 11.9 Å². The van der Waals surface area contributed by atoms with E-state index < -0.39 is 23.4 Å². The van der Waals surface area contributed by atoms with E-state index in [2.05, 4.69) is 0 Å². The molecule has 0 bridgehead atoms. The summed E-state index contributed by atoms with van der Waals surface area (Å²) in [5.74, 6) is -2.16. The van der Waals surface area contributed by atoms with Gasteiger partial charge in [0.1, 0.15) is 5.57 Å². The Morgan fingerprint density at radius 1 is 1.13 bits per heavy atom. The van der Waals surface area contributed by atoms with Gasteiger partial charge in [0.15, 0.2) is 0 Å². The number of nitrogens with zero attached hydrogens (tertiary/aromatic N) is 1. The van der Waals surface area contributed by atoms with E-state index in [-0.39, 0.29) is 25.9 Å². The van der Waals surface area contributed by atoms with Crippen molar-refractivity contribution in [1.29, 1.82) is 0 Å². The highest BCUT2D eigenvalue weighted by Gasteiger charge is 2.28. The van der Waals surface area contributed by atoms with E-state index in [4.69, 9.17) is 14.6 Å². The van der Waals surface area contributed by atoms with Crippen LogP contribution in [0.25, 0.3) is 0 Å². The first kappa shape index (κ1) is 19.2. The number of ether oxygens (including phenoxy) is 2. The Bertz CT molecular complexity index is 437. The Balaban J connectivity index is 2.96. The van der Waals surface area contributed by atoms with Crippen molar-refractivity contribution in [2.24, 2.45) is 0 Å². The van der Waals surface area contributed by atoms with E-state index in [1.54, 1.807) is 18.7 Å². The summed E-state index contributed by atoms with van der Waals surface area (Å²) in [4.78, 5) is 37.8. The third-order valence-electron chi connectivity index (χ3n) is 3.63. The van der Waals surface area contributed by atoms with Crippen molar-refractivity contribution in [2.45, 2.75) is 45.6 Å². The van der Waals surface area contributed by atoms with Crippen LogP contribution in [0, 0.1) is 0 Å². The van der Waals surface area contributed by atoms with Crippen molar-refractivity contribution in [1.82, 2.24) is 4.90 Å². The molecule has 0 radical (unpaired) electrons.